The highest BCUT2D eigenvalue weighted by molar-refractivity contribution is 6.29. The number of ether oxygens (including phenoxy) is 2. The van der Waals surface area contributed by atoms with E-state index in [9.17, 15) is 14.4 Å². The normalized spacial score (nSPS) is 20.9. The molecule has 7 heteroatoms. The molecule has 7 nitrogen and oxygen atoms in total. The molecule has 1 aromatic carbocycles. The fourth-order valence-electron chi connectivity index (χ4n) is 2.38. The van der Waals surface area contributed by atoms with E-state index < -0.39 is 23.6 Å². The second-order valence-electron chi connectivity index (χ2n) is 5.87. The molecule has 2 N–H and O–H groups in total. The fraction of sp³-hybridized carbons (Fsp3) is 0.167. The van der Waals surface area contributed by atoms with Crippen LogP contribution in [-0.2, 0) is 19.1 Å². The van der Waals surface area contributed by atoms with E-state index in [0.717, 1.165) is 5.56 Å². The van der Waals surface area contributed by atoms with Gasteiger partial charge in [-0.25, -0.2) is 4.79 Å². The second-order valence-corrected chi connectivity index (χ2v) is 5.87. The van der Waals surface area contributed by atoms with Crippen molar-refractivity contribution in [3.05, 3.63) is 65.5 Å². The third-order valence-corrected chi connectivity index (χ3v) is 3.41. The van der Waals surface area contributed by atoms with E-state index in [1.165, 1.54) is 12.2 Å². The number of benzene rings is 1. The van der Waals surface area contributed by atoms with Gasteiger partial charge in [0.05, 0.1) is 0 Å². The fourth-order valence-corrected chi connectivity index (χ4v) is 2.38. The molecule has 0 aromatic heterocycles. The smallest absolute Gasteiger partial charge is 0.328 e. The highest BCUT2D eigenvalue weighted by Crippen LogP contribution is 2.32. The number of carbonyl (C=O) groups excluding carboxylic acids is 3. The largest absolute Gasteiger partial charge is 0.453 e. The average Bonchev–Trinajstić information content (AvgIpc) is 2.53. The predicted molar refractivity (Wildman–Crippen MR) is 88.5 cm³/mol. The summed E-state index contributed by atoms with van der Waals surface area (Å²) in [5.74, 6) is -1.42. The van der Waals surface area contributed by atoms with Gasteiger partial charge in [0.25, 0.3) is 11.8 Å². The third kappa shape index (κ3) is 3.77. The van der Waals surface area contributed by atoms with Gasteiger partial charge in [0, 0.05) is 25.5 Å². The first-order valence-electron chi connectivity index (χ1n) is 7.58. The summed E-state index contributed by atoms with van der Waals surface area (Å²) in [6, 6.07) is 8.64. The summed E-state index contributed by atoms with van der Waals surface area (Å²) in [5, 5.41) is 4.02. The van der Waals surface area contributed by atoms with Crippen molar-refractivity contribution in [2.45, 2.75) is 19.6 Å². The molecule has 2 aliphatic heterocycles. The molecule has 1 fully saturated rings. The number of hydrogen-bond donors (Lipinski definition) is 2. The Kier molecular flexibility index (Phi) is 4.14. The van der Waals surface area contributed by atoms with Crippen molar-refractivity contribution in [2.75, 3.05) is 0 Å². The van der Waals surface area contributed by atoms with Gasteiger partial charge in [0.1, 0.15) is 17.1 Å². The van der Waals surface area contributed by atoms with Crippen LogP contribution in [0, 0.1) is 0 Å². The molecule has 2 heterocycles. The molecule has 0 radical (unpaired) electrons. The maximum atomic E-state index is 11.7. The van der Waals surface area contributed by atoms with Crippen LogP contribution in [0.25, 0.3) is 5.76 Å². The topological polar surface area (TPSA) is 93.7 Å². The van der Waals surface area contributed by atoms with Crippen LogP contribution in [-0.4, -0.2) is 23.6 Å². The Bertz CT molecular complexity index is 812. The molecular weight excluding hydrogens is 324 g/mol. The maximum absolute atomic E-state index is 11.7. The van der Waals surface area contributed by atoms with Crippen molar-refractivity contribution in [2.24, 2.45) is 0 Å². The lowest BCUT2D eigenvalue weighted by atomic mass is 10.1. The molecule has 25 heavy (non-hydrogen) atoms. The molecular formula is C18H16N2O5. The van der Waals surface area contributed by atoms with Gasteiger partial charge in [-0.2, -0.15) is 0 Å². The van der Waals surface area contributed by atoms with Gasteiger partial charge in [-0.3, -0.25) is 20.2 Å². The van der Waals surface area contributed by atoms with Crippen LogP contribution in [0.15, 0.2) is 59.9 Å². The average molecular weight is 340 g/mol. The van der Waals surface area contributed by atoms with E-state index in [1.54, 1.807) is 19.9 Å². The molecule has 0 aliphatic carbocycles. The van der Waals surface area contributed by atoms with Crippen LogP contribution in [0.2, 0.25) is 0 Å². The zero-order chi connectivity index (χ0) is 18.0. The molecule has 1 aromatic rings. The molecule has 1 saturated heterocycles. The van der Waals surface area contributed by atoms with E-state index in [4.69, 9.17) is 9.47 Å². The van der Waals surface area contributed by atoms with Gasteiger partial charge in [0.15, 0.2) is 0 Å². The summed E-state index contributed by atoms with van der Waals surface area (Å²) in [4.78, 5) is 34.5. The Labute approximate surface area is 144 Å². The van der Waals surface area contributed by atoms with Gasteiger partial charge >= 0.3 is 6.03 Å². The van der Waals surface area contributed by atoms with Gasteiger partial charge in [-0.1, -0.05) is 30.3 Å². The van der Waals surface area contributed by atoms with E-state index in [-0.39, 0.29) is 5.57 Å². The third-order valence-electron chi connectivity index (χ3n) is 3.41. The standard InChI is InChI=1S/C18H16N2O5/c1-18(2)24-12(10-14(25-18)11-6-4-3-5-7-11)8-9-13-15(21)19-17(23)20-16(13)22/h3-10H,1-2H3,(H2,19,20,21,22,23)/b12-8-. The molecule has 0 atom stereocenters. The van der Waals surface area contributed by atoms with Crippen molar-refractivity contribution < 1.29 is 23.9 Å². The minimum Gasteiger partial charge on any atom is -0.453 e. The van der Waals surface area contributed by atoms with E-state index in [2.05, 4.69) is 0 Å². The summed E-state index contributed by atoms with van der Waals surface area (Å²) in [5.41, 5.74) is 0.686. The predicted octanol–water partition coefficient (Wildman–Crippen LogP) is 1.99. The summed E-state index contributed by atoms with van der Waals surface area (Å²) < 4.78 is 11.5. The van der Waals surface area contributed by atoms with Crippen molar-refractivity contribution in [3.8, 4) is 0 Å². The summed E-state index contributed by atoms with van der Waals surface area (Å²) in [7, 11) is 0. The summed E-state index contributed by atoms with van der Waals surface area (Å²) in [6.45, 7) is 3.51. The minimum atomic E-state index is -0.919. The Balaban J connectivity index is 1.93. The molecule has 4 amide bonds. The molecule has 0 unspecified atom stereocenters. The van der Waals surface area contributed by atoms with Crippen LogP contribution in [0.1, 0.15) is 19.4 Å². The molecule has 128 valence electrons. The van der Waals surface area contributed by atoms with Gasteiger partial charge in [0.2, 0.25) is 5.79 Å². The first kappa shape index (κ1) is 16.5. The van der Waals surface area contributed by atoms with Crippen LogP contribution in [0.3, 0.4) is 0 Å². The number of barbiturate groups is 1. The van der Waals surface area contributed by atoms with E-state index in [1.807, 2.05) is 41.0 Å². The zero-order valence-corrected chi connectivity index (χ0v) is 13.7. The van der Waals surface area contributed by atoms with Crippen LogP contribution >= 0.6 is 0 Å². The van der Waals surface area contributed by atoms with E-state index in [0.29, 0.717) is 11.5 Å². The lowest BCUT2D eigenvalue weighted by Gasteiger charge is -2.33. The van der Waals surface area contributed by atoms with E-state index >= 15 is 0 Å². The Morgan fingerprint density at radius 1 is 0.920 bits per heavy atom. The summed E-state index contributed by atoms with van der Waals surface area (Å²) >= 11 is 0. The van der Waals surface area contributed by atoms with Crippen LogP contribution in [0.5, 0.6) is 0 Å². The number of rotatable bonds is 2. The molecule has 0 saturated carbocycles. The highest BCUT2D eigenvalue weighted by Gasteiger charge is 2.30. The Hall–Kier alpha value is -3.35. The van der Waals surface area contributed by atoms with Gasteiger partial charge in [-0.05, 0) is 12.2 Å². The molecule has 3 rings (SSSR count). The lowest BCUT2D eigenvalue weighted by molar-refractivity contribution is -0.149. The van der Waals surface area contributed by atoms with Gasteiger partial charge in [-0.15, -0.1) is 0 Å². The maximum Gasteiger partial charge on any atom is 0.328 e. The van der Waals surface area contributed by atoms with Crippen molar-refractivity contribution in [1.82, 2.24) is 10.6 Å². The van der Waals surface area contributed by atoms with Crippen LogP contribution < -0.4 is 10.6 Å². The second kappa shape index (κ2) is 6.27. The molecule has 2 aliphatic rings. The Morgan fingerprint density at radius 2 is 1.56 bits per heavy atom. The van der Waals surface area contributed by atoms with Crippen LogP contribution in [0.4, 0.5) is 4.79 Å². The number of imide groups is 2. The number of amides is 4. The molecule has 0 bridgehead atoms. The quantitative estimate of drug-likeness (QED) is 0.634. The minimum absolute atomic E-state index is 0.186. The first-order valence-corrected chi connectivity index (χ1v) is 7.58. The molecule has 0 spiro atoms. The SMILES string of the molecule is CC1(C)OC(c2ccccc2)=C/C(=C/C=C2C(=O)NC(=O)NC2=O)O1. The van der Waals surface area contributed by atoms with Crippen molar-refractivity contribution in [1.29, 1.82) is 0 Å². The number of urea groups is 1. The van der Waals surface area contributed by atoms with Gasteiger partial charge < -0.3 is 9.47 Å². The zero-order valence-electron chi connectivity index (χ0n) is 13.7. The lowest BCUT2D eigenvalue weighted by Crippen LogP contribution is -2.51. The Morgan fingerprint density at radius 3 is 2.20 bits per heavy atom. The number of allylic oxidation sites excluding steroid dienone is 3. The van der Waals surface area contributed by atoms with Crippen molar-refractivity contribution in [3.63, 3.8) is 0 Å². The number of nitrogens with one attached hydrogen (secondary N) is 2. The van der Waals surface area contributed by atoms with Crippen molar-refractivity contribution >= 4 is 23.6 Å². The summed E-state index contributed by atoms with van der Waals surface area (Å²) in [6.07, 6.45) is 4.45. The monoisotopic (exact) mass is 340 g/mol. The number of hydrogen-bond acceptors (Lipinski definition) is 5. The number of carbonyl (C=O) groups is 3. The first-order chi connectivity index (χ1) is 11.8. The highest BCUT2D eigenvalue weighted by atomic mass is 16.7.